The number of nitrogens with zero attached hydrogens (tertiary/aromatic N) is 2. The predicted octanol–water partition coefficient (Wildman–Crippen LogP) is 3.35. The molecule has 1 saturated carbocycles. The Kier molecular flexibility index (Phi) is 4.56. The minimum atomic E-state index is 0.753. The third-order valence-electron chi connectivity index (χ3n) is 4.88. The molecule has 0 aromatic carbocycles. The Morgan fingerprint density at radius 2 is 2.20 bits per heavy atom. The maximum absolute atomic E-state index is 4.73. The first-order valence-corrected chi connectivity index (χ1v) is 8.31. The second kappa shape index (κ2) is 6.57. The zero-order chi connectivity index (χ0) is 13.8. The van der Waals surface area contributed by atoms with Crippen molar-refractivity contribution < 1.29 is 0 Å². The van der Waals surface area contributed by atoms with Crippen molar-refractivity contribution >= 4 is 5.82 Å². The lowest BCUT2D eigenvalue weighted by Gasteiger charge is -2.39. The summed E-state index contributed by atoms with van der Waals surface area (Å²) in [6.07, 6.45) is 10.1. The second-order valence-electron chi connectivity index (χ2n) is 6.26. The van der Waals surface area contributed by atoms with Crippen molar-refractivity contribution in [2.24, 2.45) is 5.92 Å². The van der Waals surface area contributed by atoms with Crippen molar-refractivity contribution in [3.05, 3.63) is 23.9 Å². The number of hydrogen-bond acceptors (Lipinski definition) is 3. The molecule has 3 heteroatoms. The van der Waals surface area contributed by atoms with E-state index in [2.05, 4.69) is 29.3 Å². The summed E-state index contributed by atoms with van der Waals surface area (Å²) in [6.45, 7) is 5.44. The first-order chi connectivity index (χ1) is 9.90. The number of rotatable bonds is 5. The van der Waals surface area contributed by atoms with Crippen molar-refractivity contribution in [1.82, 2.24) is 10.3 Å². The van der Waals surface area contributed by atoms with E-state index in [1.54, 1.807) is 0 Å². The van der Waals surface area contributed by atoms with Gasteiger partial charge in [-0.1, -0.05) is 19.4 Å². The minimum Gasteiger partial charge on any atom is -0.353 e. The van der Waals surface area contributed by atoms with Crippen LogP contribution in [0.4, 0.5) is 5.82 Å². The first kappa shape index (κ1) is 13.9. The SMILES string of the molecule is CCCNCc1cccnc1N1CCCC2CCCC21. The molecule has 3 nitrogen and oxygen atoms in total. The Labute approximate surface area is 122 Å². The van der Waals surface area contributed by atoms with E-state index in [1.807, 2.05) is 6.20 Å². The van der Waals surface area contributed by atoms with Gasteiger partial charge in [-0.2, -0.15) is 0 Å². The van der Waals surface area contributed by atoms with Crippen molar-refractivity contribution in [3.63, 3.8) is 0 Å². The molecule has 3 rings (SSSR count). The number of nitrogens with one attached hydrogen (secondary N) is 1. The molecule has 2 heterocycles. The van der Waals surface area contributed by atoms with Gasteiger partial charge in [0.15, 0.2) is 0 Å². The lowest BCUT2D eigenvalue weighted by Crippen LogP contribution is -2.43. The van der Waals surface area contributed by atoms with Crippen LogP contribution in [0, 0.1) is 5.92 Å². The monoisotopic (exact) mass is 273 g/mol. The molecule has 0 radical (unpaired) electrons. The van der Waals surface area contributed by atoms with E-state index in [1.165, 1.54) is 56.5 Å². The molecule has 2 atom stereocenters. The summed E-state index contributed by atoms with van der Waals surface area (Å²) in [7, 11) is 0. The fourth-order valence-electron chi connectivity index (χ4n) is 3.94. The highest BCUT2D eigenvalue weighted by Gasteiger charge is 2.36. The van der Waals surface area contributed by atoms with E-state index in [-0.39, 0.29) is 0 Å². The molecule has 2 unspecified atom stereocenters. The maximum atomic E-state index is 4.73. The van der Waals surface area contributed by atoms with Crippen LogP contribution in [0.15, 0.2) is 18.3 Å². The van der Waals surface area contributed by atoms with Gasteiger partial charge in [-0.3, -0.25) is 0 Å². The average Bonchev–Trinajstić information content (AvgIpc) is 2.96. The second-order valence-corrected chi connectivity index (χ2v) is 6.26. The number of fused-ring (bicyclic) bond motifs is 1. The molecule has 1 saturated heterocycles. The van der Waals surface area contributed by atoms with Gasteiger partial charge in [0, 0.05) is 30.9 Å². The molecule has 1 aliphatic heterocycles. The molecular weight excluding hydrogens is 246 g/mol. The molecule has 1 aromatic rings. The highest BCUT2D eigenvalue weighted by atomic mass is 15.2. The number of piperidine rings is 1. The number of hydrogen-bond donors (Lipinski definition) is 1. The standard InChI is InChI=1S/C17H27N3/c1-2-10-18-13-15-7-4-11-19-17(15)20-12-5-8-14-6-3-9-16(14)20/h4,7,11,14,16,18H,2-3,5-6,8-10,12-13H2,1H3. The quantitative estimate of drug-likeness (QED) is 0.834. The predicted molar refractivity (Wildman–Crippen MR) is 83.9 cm³/mol. The smallest absolute Gasteiger partial charge is 0.133 e. The summed E-state index contributed by atoms with van der Waals surface area (Å²) < 4.78 is 0. The largest absolute Gasteiger partial charge is 0.353 e. The van der Waals surface area contributed by atoms with Crippen LogP contribution in [0.3, 0.4) is 0 Å². The molecule has 0 spiro atoms. The maximum Gasteiger partial charge on any atom is 0.133 e. The summed E-state index contributed by atoms with van der Waals surface area (Å²) in [4.78, 5) is 7.34. The fourth-order valence-corrected chi connectivity index (χ4v) is 3.94. The third kappa shape index (κ3) is 2.83. The van der Waals surface area contributed by atoms with Gasteiger partial charge in [-0.05, 0) is 50.6 Å². The highest BCUT2D eigenvalue weighted by Crippen LogP contribution is 2.39. The van der Waals surface area contributed by atoms with Crippen LogP contribution in [0.5, 0.6) is 0 Å². The average molecular weight is 273 g/mol. The van der Waals surface area contributed by atoms with E-state index in [4.69, 9.17) is 4.98 Å². The minimum absolute atomic E-state index is 0.753. The lowest BCUT2D eigenvalue weighted by atomic mass is 9.91. The third-order valence-corrected chi connectivity index (χ3v) is 4.88. The fraction of sp³-hybridized carbons (Fsp3) is 0.706. The van der Waals surface area contributed by atoms with E-state index in [9.17, 15) is 0 Å². The van der Waals surface area contributed by atoms with Gasteiger partial charge in [-0.15, -0.1) is 0 Å². The van der Waals surface area contributed by atoms with Crippen molar-refractivity contribution in [2.45, 2.75) is 58.0 Å². The number of anilines is 1. The lowest BCUT2D eigenvalue weighted by molar-refractivity contribution is 0.360. The van der Waals surface area contributed by atoms with Gasteiger partial charge in [-0.25, -0.2) is 4.98 Å². The van der Waals surface area contributed by atoms with Gasteiger partial charge < -0.3 is 10.2 Å². The Balaban J connectivity index is 1.78. The normalized spacial score (nSPS) is 25.8. The van der Waals surface area contributed by atoms with Crippen molar-refractivity contribution in [3.8, 4) is 0 Å². The number of aromatic nitrogens is 1. The highest BCUT2D eigenvalue weighted by molar-refractivity contribution is 5.48. The van der Waals surface area contributed by atoms with E-state index < -0.39 is 0 Å². The van der Waals surface area contributed by atoms with Gasteiger partial charge in [0.1, 0.15) is 5.82 Å². The van der Waals surface area contributed by atoms with E-state index >= 15 is 0 Å². The van der Waals surface area contributed by atoms with E-state index in [0.29, 0.717) is 0 Å². The van der Waals surface area contributed by atoms with Crippen LogP contribution in [0.1, 0.15) is 51.0 Å². The molecule has 2 fully saturated rings. The van der Waals surface area contributed by atoms with Crippen LogP contribution in [-0.4, -0.2) is 24.1 Å². The van der Waals surface area contributed by atoms with Crippen LogP contribution >= 0.6 is 0 Å². The van der Waals surface area contributed by atoms with Gasteiger partial charge in [0.2, 0.25) is 0 Å². The summed E-state index contributed by atoms with van der Waals surface area (Å²) in [5.41, 5.74) is 1.37. The van der Waals surface area contributed by atoms with Gasteiger partial charge >= 0.3 is 0 Å². The van der Waals surface area contributed by atoms with E-state index in [0.717, 1.165) is 25.0 Å². The molecule has 2 aliphatic rings. The molecule has 1 aromatic heterocycles. The summed E-state index contributed by atoms with van der Waals surface area (Å²) in [6, 6.07) is 5.06. The molecule has 0 amide bonds. The Bertz CT molecular complexity index is 432. The topological polar surface area (TPSA) is 28.2 Å². The molecule has 20 heavy (non-hydrogen) atoms. The van der Waals surface area contributed by atoms with Crippen molar-refractivity contribution in [1.29, 1.82) is 0 Å². The Morgan fingerprint density at radius 3 is 3.10 bits per heavy atom. The molecular formula is C17H27N3. The first-order valence-electron chi connectivity index (χ1n) is 8.31. The molecule has 110 valence electrons. The van der Waals surface area contributed by atoms with Crippen molar-refractivity contribution in [2.75, 3.05) is 18.0 Å². The van der Waals surface area contributed by atoms with Crippen LogP contribution in [-0.2, 0) is 6.54 Å². The molecule has 1 aliphatic carbocycles. The summed E-state index contributed by atoms with van der Waals surface area (Å²) in [5.74, 6) is 2.16. The molecule has 1 N–H and O–H groups in total. The zero-order valence-electron chi connectivity index (χ0n) is 12.6. The van der Waals surface area contributed by atoms with Gasteiger partial charge in [0.25, 0.3) is 0 Å². The van der Waals surface area contributed by atoms with Crippen LogP contribution < -0.4 is 10.2 Å². The summed E-state index contributed by atoms with van der Waals surface area (Å²) >= 11 is 0. The Morgan fingerprint density at radius 1 is 1.30 bits per heavy atom. The number of pyridine rings is 1. The van der Waals surface area contributed by atoms with Gasteiger partial charge in [0.05, 0.1) is 0 Å². The zero-order valence-corrected chi connectivity index (χ0v) is 12.6. The van der Waals surface area contributed by atoms with Crippen LogP contribution in [0.25, 0.3) is 0 Å². The van der Waals surface area contributed by atoms with Crippen LogP contribution in [0.2, 0.25) is 0 Å². The molecule has 0 bridgehead atoms. The summed E-state index contributed by atoms with van der Waals surface area (Å²) in [5, 5.41) is 3.52. The Hall–Kier alpha value is -1.09.